The lowest BCUT2D eigenvalue weighted by atomic mass is 9.85. The molecule has 2 unspecified atom stereocenters. The quantitative estimate of drug-likeness (QED) is 0.902. The Hall–Kier alpha value is -0.970. The average Bonchev–Trinajstić information content (AvgIpc) is 2.88. The summed E-state index contributed by atoms with van der Waals surface area (Å²) in [5, 5.41) is 14.1. The van der Waals surface area contributed by atoms with E-state index < -0.39 is 0 Å². The van der Waals surface area contributed by atoms with Crippen LogP contribution in [0.3, 0.4) is 0 Å². The number of fused-ring (bicyclic) bond motifs is 1. The van der Waals surface area contributed by atoms with Crippen molar-refractivity contribution in [2.45, 2.75) is 38.3 Å². The van der Waals surface area contributed by atoms with Crippen molar-refractivity contribution >= 4 is 21.6 Å². The highest BCUT2D eigenvalue weighted by Gasteiger charge is 2.24. The fraction of sp³-hybridized carbons (Fsp3) is 0.533. The van der Waals surface area contributed by atoms with Gasteiger partial charge in [-0.3, -0.25) is 0 Å². The smallest absolute Gasteiger partial charge is 0.108 e. The molecule has 1 saturated carbocycles. The zero-order valence-corrected chi connectivity index (χ0v) is 11.8. The van der Waals surface area contributed by atoms with Crippen LogP contribution in [-0.4, -0.2) is 22.7 Å². The number of hydrogen-bond acceptors (Lipinski definition) is 4. The van der Waals surface area contributed by atoms with Gasteiger partial charge in [0.25, 0.3) is 0 Å². The first kappa shape index (κ1) is 13.0. The van der Waals surface area contributed by atoms with E-state index in [1.807, 2.05) is 6.07 Å². The fourth-order valence-corrected chi connectivity index (χ4v) is 3.83. The SMILES string of the molecule is OCC1CCCCC1NCc1nc2ccccc2s1. The summed E-state index contributed by atoms with van der Waals surface area (Å²) >= 11 is 1.76. The van der Waals surface area contributed by atoms with Gasteiger partial charge in [0.2, 0.25) is 0 Å². The third kappa shape index (κ3) is 2.96. The van der Waals surface area contributed by atoms with Crippen molar-refractivity contribution in [2.24, 2.45) is 5.92 Å². The number of aliphatic hydroxyl groups is 1. The van der Waals surface area contributed by atoms with E-state index in [4.69, 9.17) is 0 Å². The number of aromatic nitrogens is 1. The first-order valence-corrected chi connectivity index (χ1v) is 7.87. The predicted molar refractivity (Wildman–Crippen MR) is 79.3 cm³/mol. The minimum Gasteiger partial charge on any atom is -0.396 e. The molecule has 0 saturated heterocycles. The van der Waals surface area contributed by atoms with E-state index in [0.29, 0.717) is 18.6 Å². The maximum Gasteiger partial charge on any atom is 0.108 e. The minimum absolute atomic E-state index is 0.303. The molecular weight excluding hydrogens is 256 g/mol. The van der Waals surface area contributed by atoms with Crippen LogP contribution in [0.25, 0.3) is 10.2 Å². The largest absolute Gasteiger partial charge is 0.396 e. The second-order valence-corrected chi connectivity index (χ2v) is 6.41. The van der Waals surface area contributed by atoms with Crippen molar-refractivity contribution in [1.82, 2.24) is 10.3 Å². The van der Waals surface area contributed by atoms with Crippen LogP contribution in [0.1, 0.15) is 30.7 Å². The minimum atomic E-state index is 0.303. The van der Waals surface area contributed by atoms with Crippen molar-refractivity contribution in [1.29, 1.82) is 0 Å². The van der Waals surface area contributed by atoms with E-state index in [2.05, 4.69) is 28.5 Å². The molecule has 3 rings (SSSR count). The van der Waals surface area contributed by atoms with E-state index in [1.165, 1.54) is 24.0 Å². The third-order valence-corrected chi connectivity index (χ3v) is 5.03. The molecule has 2 N–H and O–H groups in total. The van der Waals surface area contributed by atoms with Gasteiger partial charge in [-0.25, -0.2) is 4.98 Å². The molecule has 1 aromatic heterocycles. The molecule has 0 aliphatic heterocycles. The Morgan fingerprint density at radius 3 is 2.95 bits per heavy atom. The van der Waals surface area contributed by atoms with Gasteiger partial charge in [0.15, 0.2) is 0 Å². The second-order valence-electron chi connectivity index (χ2n) is 5.29. The van der Waals surface area contributed by atoms with Crippen LogP contribution in [0.5, 0.6) is 0 Å². The number of thiazole rings is 1. The Balaban J connectivity index is 1.64. The van der Waals surface area contributed by atoms with E-state index in [0.717, 1.165) is 23.5 Å². The molecule has 0 radical (unpaired) electrons. The van der Waals surface area contributed by atoms with Crippen LogP contribution in [0.4, 0.5) is 0 Å². The molecule has 19 heavy (non-hydrogen) atoms. The van der Waals surface area contributed by atoms with Gasteiger partial charge in [-0.1, -0.05) is 25.0 Å². The van der Waals surface area contributed by atoms with Crippen molar-refractivity contribution < 1.29 is 5.11 Å². The van der Waals surface area contributed by atoms with Crippen LogP contribution in [0.2, 0.25) is 0 Å². The Morgan fingerprint density at radius 2 is 2.11 bits per heavy atom. The summed E-state index contributed by atoms with van der Waals surface area (Å²) < 4.78 is 1.25. The number of aliphatic hydroxyl groups excluding tert-OH is 1. The Bertz CT molecular complexity index is 507. The van der Waals surface area contributed by atoms with Crippen molar-refractivity contribution in [3.05, 3.63) is 29.3 Å². The predicted octanol–water partition coefficient (Wildman–Crippen LogP) is 2.94. The van der Waals surface area contributed by atoms with Crippen LogP contribution in [0, 0.1) is 5.92 Å². The van der Waals surface area contributed by atoms with E-state index in [1.54, 1.807) is 11.3 Å². The Labute approximate surface area is 117 Å². The summed E-state index contributed by atoms with van der Waals surface area (Å²) in [6.45, 7) is 1.12. The number of benzene rings is 1. The second kappa shape index (κ2) is 5.99. The Morgan fingerprint density at radius 1 is 1.26 bits per heavy atom. The molecule has 1 aliphatic rings. The van der Waals surface area contributed by atoms with E-state index in [9.17, 15) is 5.11 Å². The van der Waals surface area contributed by atoms with Gasteiger partial charge in [0.05, 0.1) is 10.2 Å². The zero-order chi connectivity index (χ0) is 13.1. The lowest BCUT2D eigenvalue weighted by molar-refractivity contribution is 0.152. The molecule has 4 heteroatoms. The number of hydrogen-bond donors (Lipinski definition) is 2. The topological polar surface area (TPSA) is 45.1 Å². The van der Waals surface area contributed by atoms with Gasteiger partial charge >= 0.3 is 0 Å². The monoisotopic (exact) mass is 276 g/mol. The van der Waals surface area contributed by atoms with Crippen LogP contribution < -0.4 is 5.32 Å². The number of rotatable bonds is 4. The van der Waals surface area contributed by atoms with Crippen LogP contribution in [-0.2, 0) is 6.54 Å². The maximum absolute atomic E-state index is 9.42. The summed E-state index contributed by atoms with van der Waals surface area (Å²) in [4.78, 5) is 4.64. The van der Waals surface area contributed by atoms with Gasteiger partial charge in [0, 0.05) is 19.2 Å². The first-order chi connectivity index (χ1) is 9.36. The van der Waals surface area contributed by atoms with Gasteiger partial charge in [-0.15, -0.1) is 11.3 Å². The average molecular weight is 276 g/mol. The lowest BCUT2D eigenvalue weighted by Gasteiger charge is -2.30. The van der Waals surface area contributed by atoms with Gasteiger partial charge < -0.3 is 10.4 Å². The lowest BCUT2D eigenvalue weighted by Crippen LogP contribution is -2.39. The molecule has 0 amide bonds. The number of nitrogens with one attached hydrogen (secondary N) is 1. The van der Waals surface area contributed by atoms with Crippen LogP contribution in [0.15, 0.2) is 24.3 Å². The molecule has 102 valence electrons. The number of nitrogens with zero attached hydrogens (tertiary/aromatic N) is 1. The summed E-state index contributed by atoms with van der Waals surface area (Å²) in [5.74, 6) is 0.420. The standard InChI is InChI=1S/C15H20N2OS/c18-10-11-5-1-2-6-12(11)16-9-15-17-13-7-3-4-8-14(13)19-15/h3-4,7-8,11-12,16,18H,1-2,5-6,9-10H2. The molecule has 1 heterocycles. The molecular formula is C15H20N2OS. The summed E-state index contributed by atoms with van der Waals surface area (Å²) in [6.07, 6.45) is 4.85. The molecule has 0 bridgehead atoms. The van der Waals surface area contributed by atoms with Gasteiger partial charge in [0.1, 0.15) is 5.01 Å². The first-order valence-electron chi connectivity index (χ1n) is 7.05. The summed E-state index contributed by atoms with van der Waals surface area (Å²) in [5.41, 5.74) is 1.09. The summed E-state index contributed by atoms with van der Waals surface area (Å²) in [6, 6.07) is 8.72. The molecule has 0 spiro atoms. The van der Waals surface area contributed by atoms with Crippen molar-refractivity contribution in [3.63, 3.8) is 0 Å². The molecule has 2 atom stereocenters. The van der Waals surface area contributed by atoms with Crippen molar-refractivity contribution in [2.75, 3.05) is 6.61 Å². The molecule has 2 aromatic rings. The highest BCUT2D eigenvalue weighted by molar-refractivity contribution is 7.18. The molecule has 1 fully saturated rings. The van der Waals surface area contributed by atoms with Crippen molar-refractivity contribution in [3.8, 4) is 0 Å². The highest BCUT2D eigenvalue weighted by atomic mass is 32.1. The Kier molecular flexibility index (Phi) is 4.11. The fourth-order valence-electron chi connectivity index (χ4n) is 2.91. The van der Waals surface area contributed by atoms with Gasteiger partial charge in [-0.2, -0.15) is 0 Å². The van der Waals surface area contributed by atoms with E-state index in [-0.39, 0.29) is 0 Å². The maximum atomic E-state index is 9.42. The van der Waals surface area contributed by atoms with Crippen LogP contribution >= 0.6 is 11.3 Å². The zero-order valence-electron chi connectivity index (χ0n) is 11.0. The highest BCUT2D eigenvalue weighted by Crippen LogP contribution is 2.25. The summed E-state index contributed by atoms with van der Waals surface area (Å²) in [7, 11) is 0. The molecule has 1 aromatic carbocycles. The van der Waals surface area contributed by atoms with E-state index >= 15 is 0 Å². The van der Waals surface area contributed by atoms with Gasteiger partial charge in [-0.05, 0) is 30.9 Å². The normalized spacial score (nSPS) is 23.8. The molecule has 3 nitrogen and oxygen atoms in total. The molecule has 1 aliphatic carbocycles. The number of para-hydroxylation sites is 1. The third-order valence-electron chi connectivity index (χ3n) is 4.00.